The summed E-state index contributed by atoms with van der Waals surface area (Å²) in [6.45, 7) is 1.93. The molecule has 1 amide bonds. The van der Waals surface area contributed by atoms with Crippen molar-refractivity contribution >= 4 is 39.8 Å². The van der Waals surface area contributed by atoms with Gasteiger partial charge in [-0.25, -0.2) is 0 Å². The van der Waals surface area contributed by atoms with Gasteiger partial charge in [-0.2, -0.15) is 13.2 Å². The van der Waals surface area contributed by atoms with Gasteiger partial charge in [0.25, 0.3) is 5.91 Å². The summed E-state index contributed by atoms with van der Waals surface area (Å²) in [6, 6.07) is 1.11. The van der Waals surface area contributed by atoms with Crippen molar-refractivity contribution in [1.29, 1.82) is 0 Å². The molecule has 17 heavy (non-hydrogen) atoms. The average Bonchev–Trinajstić information content (AvgIpc) is 2.58. The van der Waals surface area contributed by atoms with Crippen LogP contribution in [-0.4, -0.2) is 29.6 Å². The fourth-order valence-corrected chi connectivity index (χ4v) is 2.59. The van der Waals surface area contributed by atoms with Crippen molar-refractivity contribution in [2.24, 2.45) is 0 Å². The topological polar surface area (TPSA) is 20.3 Å². The molecule has 0 radical (unpaired) electrons. The van der Waals surface area contributed by atoms with E-state index >= 15 is 0 Å². The molecule has 2 nitrogen and oxygen atoms in total. The first-order valence-electron chi connectivity index (χ1n) is 4.82. The summed E-state index contributed by atoms with van der Waals surface area (Å²) in [7, 11) is 0. The molecule has 0 bridgehead atoms. The highest BCUT2D eigenvalue weighted by Crippen LogP contribution is 2.22. The highest BCUT2D eigenvalue weighted by molar-refractivity contribution is 14.1. The van der Waals surface area contributed by atoms with E-state index in [9.17, 15) is 18.0 Å². The summed E-state index contributed by atoms with van der Waals surface area (Å²) >= 11 is 3.37. The zero-order valence-electron chi connectivity index (χ0n) is 9.21. The first-order chi connectivity index (χ1) is 7.70. The van der Waals surface area contributed by atoms with E-state index in [1.807, 2.05) is 22.6 Å². The number of carbonyl (C=O) groups excluding carboxylic acids is 1. The molecule has 7 heteroatoms. The smallest absolute Gasteiger partial charge is 0.327 e. The normalized spacial score (nSPS) is 11.9. The van der Waals surface area contributed by atoms with Crippen LogP contribution >= 0.6 is 33.9 Å². The molecule has 96 valence electrons. The maximum atomic E-state index is 12.4. The molecule has 1 aromatic heterocycles. The van der Waals surface area contributed by atoms with Crippen LogP contribution in [0.4, 0.5) is 13.2 Å². The van der Waals surface area contributed by atoms with E-state index in [1.165, 1.54) is 11.3 Å². The van der Waals surface area contributed by atoms with Crippen molar-refractivity contribution in [2.75, 3.05) is 6.54 Å². The Kier molecular flexibility index (Phi) is 4.82. The number of nitrogens with zero attached hydrogens (tertiary/aromatic N) is 1. The standard InChI is InChI=1S/C10H11F3INOS/c1-6(2)15(5-10(11,12)13)9(16)7-3-8(14)17-4-7/h3-4,6H,5H2,1-2H3. The molecule has 1 heterocycles. The highest BCUT2D eigenvalue weighted by atomic mass is 127. The van der Waals surface area contributed by atoms with E-state index in [-0.39, 0.29) is 0 Å². The van der Waals surface area contributed by atoms with Crippen molar-refractivity contribution in [3.05, 3.63) is 19.9 Å². The number of alkyl halides is 3. The van der Waals surface area contributed by atoms with Crippen LogP contribution in [0.5, 0.6) is 0 Å². The third-order valence-corrected chi connectivity index (χ3v) is 3.84. The van der Waals surface area contributed by atoms with E-state index in [0.717, 1.165) is 7.78 Å². The Balaban J connectivity index is 2.88. The molecule has 0 saturated heterocycles. The van der Waals surface area contributed by atoms with Gasteiger partial charge in [-0.3, -0.25) is 4.79 Å². The lowest BCUT2D eigenvalue weighted by atomic mass is 10.2. The fourth-order valence-electron chi connectivity index (χ4n) is 1.27. The molecule has 1 rings (SSSR count). The van der Waals surface area contributed by atoms with Crippen LogP contribution in [0, 0.1) is 2.88 Å². The second kappa shape index (κ2) is 5.55. The van der Waals surface area contributed by atoms with Gasteiger partial charge < -0.3 is 4.90 Å². The Morgan fingerprint density at radius 1 is 1.53 bits per heavy atom. The summed E-state index contributed by atoms with van der Waals surface area (Å²) in [5.74, 6) is -0.573. The molecule has 0 saturated carbocycles. The first-order valence-corrected chi connectivity index (χ1v) is 6.78. The number of amides is 1. The van der Waals surface area contributed by atoms with Gasteiger partial charge in [0.15, 0.2) is 0 Å². The molecule has 1 aromatic rings. The number of hydrogen-bond acceptors (Lipinski definition) is 2. The highest BCUT2D eigenvalue weighted by Gasteiger charge is 2.34. The number of halogens is 4. The van der Waals surface area contributed by atoms with Crippen LogP contribution in [0.3, 0.4) is 0 Å². The second-order valence-electron chi connectivity index (χ2n) is 3.78. The van der Waals surface area contributed by atoms with Gasteiger partial charge in [0.05, 0.1) is 8.45 Å². The average molecular weight is 377 g/mol. The summed E-state index contributed by atoms with van der Waals surface area (Å²) in [4.78, 5) is 12.7. The van der Waals surface area contributed by atoms with E-state index < -0.39 is 24.7 Å². The van der Waals surface area contributed by atoms with Crippen LogP contribution in [-0.2, 0) is 0 Å². The predicted molar refractivity (Wildman–Crippen MR) is 69.3 cm³/mol. The Morgan fingerprint density at radius 3 is 2.47 bits per heavy atom. The van der Waals surface area contributed by atoms with Crippen molar-refractivity contribution in [3.8, 4) is 0 Å². The summed E-state index contributed by atoms with van der Waals surface area (Å²) in [5.41, 5.74) is 0.317. The fraction of sp³-hybridized carbons (Fsp3) is 0.500. The zero-order chi connectivity index (χ0) is 13.2. The van der Waals surface area contributed by atoms with Gasteiger partial charge in [-0.05, 0) is 42.5 Å². The maximum Gasteiger partial charge on any atom is 0.406 e. The minimum atomic E-state index is -4.37. The van der Waals surface area contributed by atoms with Gasteiger partial charge >= 0.3 is 6.18 Å². The molecule has 0 aliphatic rings. The van der Waals surface area contributed by atoms with E-state index in [1.54, 1.807) is 25.3 Å². The van der Waals surface area contributed by atoms with Crippen LogP contribution in [0.1, 0.15) is 24.2 Å². The lowest BCUT2D eigenvalue weighted by Gasteiger charge is -2.27. The molecule has 0 atom stereocenters. The monoisotopic (exact) mass is 377 g/mol. The summed E-state index contributed by atoms with van der Waals surface area (Å²) < 4.78 is 37.9. The minimum absolute atomic E-state index is 0.317. The Bertz CT molecular complexity index is 403. The number of hydrogen-bond donors (Lipinski definition) is 0. The van der Waals surface area contributed by atoms with Crippen LogP contribution in [0.15, 0.2) is 11.4 Å². The lowest BCUT2D eigenvalue weighted by Crippen LogP contribution is -2.43. The van der Waals surface area contributed by atoms with Crippen LogP contribution < -0.4 is 0 Å². The molecule has 0 unspecified atom stereocenters. The molecule has 0 aliphatic heterocycles. The maximum absolute atomic E-state index is 12.4. The summed E-state index contributed by atoms with van der Waals surface area (Å²) in [5, 5.41) is 1.58. The molecular weight excluding hydrogens is 366 g/mol. The Morgan fingerprint density at radius 2 is 2.12 bits per heavy atom. The van der Waals surface area contributed by atoms with Crippen molar-refractivity contribution in [1.82, 2.24) is 4.90 Å². The molecule has 0 N–H and O–H groups in total. The molecular formula is C10H11F3INOS. The zero-order valence-corrected chi connectivity index (χ0v) is 12.2. The van der Waals surface area contributed by atoms with Crippen LogP contribution in [0.2, 0.25) is 0 Å². The van der Waals surface area contributed by atoms with E-state index in [0.29, 0.717) is 5.56 Å². The molecule has 0 fully saturated rings. The number of thiophene rings is 1. The van der Waals surface area contributed by atoms with E-state index in [2.05, 4.69) is 0 Å². The number of carbonyl (C=O) groups is 1. The molecule has 0 aromatic carbocycles. The Hall–Kier alpha value is -0.310. The van der Waals surface area contributed by atoms with Crippen molar-refractivity contribution in [3.63, 3.8) is 0 Å². The first kappa shape index (κ1) is 14.7. The van der Waals surface area contributed by atoms with Gasteiger partial charge in [0.1, 0.15) is 6.54 Å². The molecule has 0 spiro atoms. The second-order valence-corrected chi connectivity index (χ2v) is 6.59. The largest absolute Gasteiger partial charge is 0.406 e. The Labute approximate surface area is 115 Å². The molecule has 0 aliphatic carbocycles. The third-order valence-electron chi connectivity index (χ3n) is 2.05. The van der Waals surface area contributed by atoms with Crippen molar-refractivity contribution < 1.29 is 18.0 Å². The van der Waals surface area contributed by atoms with Gasteiger partial charge in [-0.1, -0.05) is 0 Å². The third kappa shape index (κ3) is 4.46. The van der Waals surface area contributed by atoms with E-state index in [4.69, 9.17) is 0 Å². The quantitative estimate of drug-likeness (QED) is 0.735. The predicted octanol–water partition coefficient (Wildman–Crippen LogP) is 3.77. The van der Waals surface area contributed by atoms with Gasteiger partial charge in [0, 0.05) is 11.4 Å². The SMILES string of the molecule is CC(C)N(CC(F)(F)F)C(=O)c1csc(I)c1. The lowest BCUT2D eigenvalue weighted by molar-refractivity contribution is -0.143. The summed E-state index contributed by atoms with van der Waals surface area (Å²) in [6.07, 6.45) is -4.37. The number of rotatable bonds is 3. The van der Waals surface area contributed by atoms with Crippen molar-refractivity contribution in [2.45, 2.75) is 26.1 Å². The van der Waals surface area contributed by atoms with Gasteiger partial charge in [0.2, 0.25) is 0 Å². The van der Waals surface area contributed by atoms with Crippen LogP contribution in [0.25, 0.3) is 0 Å². The minimum Gasteiger partial charge on any atom is -0.327 e. The van der Waals surface area contributed by atoms with Gasteiger partial charge in [-0.15, -0.1) is 11.3 Å².